The third-order valence-electron chi connectivity index (χ3n) is 2.80. The molecular formula is C13H18N4O. The van der Waals surface area contributed by atoms with Gasteiger partial charge in [-0.2, -0.15) is 5.10 Å². The highest BCUT2D eigenvalue weighted by atomic mass is 16.1. The van der Waals surface area contributed by atoms with Gasteiger partial charge in [-0.3, -0.25) is 9.48 Å². The van der Waals surface area contributed by atoms with Crippen LogP contribution in [0.1, 0.15) is 31.7 Å². The summed E-state index contributed by atoms with van der Waals surface area (Å²) in [6, 6.07) is 1.56. The fraction of sp³-hybridized carbons (Fsp3) is 0.462. The van der Waals surface area contributed by atoms with E-state index in [9.17, 15) is 4.79 Å². The smallest absolute Gasteiger partial charge is 0.251 e. The molecule has 0 saturated heterocycles. The minimum Gasteiger partial charge on any atom is -0.306 e. The number of aryl methyl sites for hydroxylation is 3. The predicted molar refractivity (Wildman–Crippen MR) is 70.4 cm³/mol. The van der Waals surface area contributed by atoms with Gasteiger partial charge in [-0.15, -0.1) is 0 Å². The molecule has 0 amide bonds. The second kappa shape index (κ2) is 5.16. The van der Waals surface area contributed by atoms with Crippen LogP contribution in [0, 0.1) is 0 Å². The van der Waals surface area contributed by atoms with Crippen molar-refractivity contribution in [3.8, 4) is 11.4 Å². The van der Waals surface area contributed by atoms with Crippen LogP contribution in [0.5, 0.6) is 0 Å². The van der Waals surface area contributed by atoms with Gasteiger partial charge in [0.2, 0.25) is 0 Å². The zero-order valence-corrected chi connectivity index (χ0v) is 11.0. The molecule has 0 aliphatic heterocycles. The lowest BCUT2D eigenvalue weighted by atomic mass is 10.2. The number of rotatable bonds is 4. The fourth-order valence-electron chi connectivity index (χ4n) is 2.01. The predicted octanol–water partition coefficient (Wildman–Crippen LogP) is 1.69. The summed E-state index contributed by atoms with van der Waals surface area (Å²) in [7, 11) is 1.87. The molecule has 2 rings (SSSR count). The van der Waals surface area contributed by atoms with E-state index >= 15 is 0 Å². The summed E-state index contributed by atoms with van der Waals surface area (Å²) in [6.45, 7) is 4.12. The van der Waals surface area contributed by atoms with Crippen LogP contribution in [0.15, 0.2) is 17.1 Å². The highest BCUT2D eigenvalue weighted by Crippen LogP contribution is 2.18. The molecule has 2 aromatic rings. The molecule has 0 aliphatic carbocycles. The number of aromatic nitrogens is 4. The number of H-pyrrole nitrogens is 1. The summed E-state index contributed by atoms with van der Waals surface area (Å²) < 4.78 is 1.75. The van der Waals surface area contributed by atoms with E-state index < -0.39 is 0 Å². The van der Waals surface area contributed by atoms with E-state index in [4.69, 9.17) is 0 Å². The number of nitrogens with one attached hydrogen (secondary N) is 1. The number of aromatic amines is 1. The summed E-state index contributed by atoms with van der Waals surface area (Å²) in [5.41, 5.74) is 2.60. The Labute approximate surface area is 106 Å². The first-order valence-corrected chi connectivity index (χ1v) is 6.27. The van der Waals surface area contributed by atoms with Crippen LogP contribution < -0.4 is 5.56 Å². The van der Waals surface area contributed by atoms with E-state index in [0.717, 1.165) is 36.2 Å². The van der Waals surface area contributed by atoms with Crippen molar-refractivity contribution in [2.45, 2.75) is 33.1 Å². The SMILES string of the molecule is CCCc1cc(=O)[nH]c(-c2cn(C)nc2CC)n1. The second-order valence-electron chi connectivity index (χ2n) is 4.35. The van der Waals surface area contributed by atoms with Crippen molar-refractivity contribution in [1.82, 2.24) is 19.7 Å². The molecule has 5 nitrogen and oxygen atoms in total. The molecule has 0 unspecified atom stereocenters. The summed E-state index contributed by atoms with van der Waals surface area (Å²) in [6.07, 6.45) is 4.51. The molecule has 0 radical (unpaired) electrons. The van der Waals surface area contributed by atoms with E-state index in [0.29, 0.717) is 5.82 Å². The van der Waals surface area contributed by atoms with E-state index in [1.54, 1.807) is 10.7 Å². The molecule has 0 aliphatic rings. The standard InChI is InChI=1S/C13H18N4O/c1-4-6-9-7-12(18)15-13(14-9)10-8-17(3)16-11(10)5-2/h7-8H,4-6H2,1-3H3,(H,14,15,18). The van der Waals surface area contributed by atoms with Crippen LogP contribution in [0.25, 0.3) is 11.4 Å². The lowest BCUT2D eigenvalue weighted by Crippen LogP contribution is -2.10. The van der Waals surface area contributed by atoms with Gasteiger partial charge in [0.25, 0.3) is 5.56 Å². The Morgan fingerprint density at radius 3 is 2.83 bits per heavy atom. The minimum atomic E-state index is -0.102. The number of hydrogen-bond acceptors (Lipinski definition) is 3. The third-order valence-corrected chi connectivity index (χ3v) is 2.80. The van der Waals surface area contributed by atoms with Crippen LogP contribution in [-0.4, -0.2) is 19.7 Å². The first-order valence-electron chi connectivity index (χ1n) is 6.27. The number of hydrogen-bond donors (Lipinski definition) is 1. The third kappa shape index (κ3) is 2.50. The molecule has 0 atom stereocenters. The van der Waals surface area contributed by atoms with Gasteiger partial charge in [0, 0.05) is 25.0 Å². The maximum Gasteiger partial charge on any atom is 0.251 e. The van der Waals surface area contributed by atoms with Gasteiger partial charge in [0.05, 0.1) is 11.3 Å². The molecule has 2 heterocycles. The van der Waals surface area contributed by atoms with Crippen LogP contribution in [0.3, 0.4) is 0 Å². The van der Waals surface area contributed by atoms with Crippen molar-refractivity contribution >= 4 is 0 Å². The molecule has 0 saturated carbocycles. The molecule has 0 bridgehead atoms. The van der Waals surface area contributed by atoms with Crippen molar-refractivity contribution in [2.24, 2.45) is 7.05 Å². The highest BCUT2D eigenvalue weighted by Gasteiger charge is 2.11. The lowest BCUT2D eigenvalue weighted by molar-refractivity contribution is 0.746. The zero-order chi connectivity index (χ0) is 13.1. The van der Waals surface area contributed by atoms with Crippen LogP contribution >= 0.6 is 0 Å². The summed E-state index contributed by atoms with van der Waals surface area (Å²) in [5.74, 6) is 0.621. The summed E-state index contributed by atoms with van der Waals surface area (Å²) in [5, 5.41) is 4.37. The number of nitrogens with zero attached hydrogens (tertiary/aromatic N) is 3. The summed E-state index contributed by atoms with van der Waals surface area (Å²) in [4.78, 5) is 18.9. The Bertz CT molecular complexity index is 597. The summed E-state index contributed by atoms with van der Waals surface area (Å²) >= 11 is 0. The van der Waals surface area contributed by atoms with E-state index in [-0.39, 0.29) is 5.56 Å². The van der Waals surface area contributed by atoms with E-state index in [1.165, 1.54) is 0 Å². The van der Waals surface area contributed by atoms with Gasteiger partial charge in [-0.05, 0) is 12.8 Å². The monoisotopic (exact) mass is 246 g/mol. The van der Waals surface area contributed by atoms with Crippen molar-refractivity contribution < 1.29 is 0 Å². The van der Waals surface area contributed by atoms with Crippen LogP contribution in [-0.2, 0) is 19.9 Å². The van der Waals surface area contributed by atoms with Crippen LogP contribution in [0.4, 0.5) is 0 Å². The van der Waals surface area contributed by atoms with Crippen LogP contribution in [0.2, 0.25) is 0 Å². The van der Waals surface area contributed by atoms with Crippen molar-refractivity contribution in [3.63, 3.8) is 0 Å². The molecular weight excluding hydrogens is 228 g/mol. The largest absolute Gasteiger partial charge is 0.306 e. The Balaban J connectivity index is 2.52. The molecule has 96 valence electrons. The quantitative estimate of drug-likeness (QED) is 0.892. The lowest BCUT2D eigenvalue weighted by Gasteiger charge is -2.02. The molecule has 0 fully saturated rings. The highest BCUT2D eigenvalue weighted by molar-refractivity contribution is 5.57. The zero-order valence-electron chi connectivity index (χ0n) is 11.0. The van der Waals surface area contributed by atoms with Gasteiger partial charge in [-0.25, -0.2) is 4.98 Å². The fourth-order valence-corrected chi connectivity index (χ4v) is 2.01. The van der Waals surface area contributed by atoms with E-state index in [2.05, 4.69) is 22.0 Å². The minimum absolute atomic E-state index is 0.102. The van der Waals surface area contributed by atoms with Gasteiger partial charge in [0.1, 0.15) is 5.82 Å². The first-order chi connectivity index (χ1) is 8.63. The maximum atomic E-state index is 11.6. The second-order valence-corrected chi connectivity index (χ2v) is 4.35. The Morgan fingerprint density at radius 1 is 1.39 bits per heavy atom. The average molecular weight is 246 g/mol. The van der Waals surface area contributed by atoms with Gasteiger partial charge in [0.15, 0.2) is 0 Å². The Morgan fingerprint density at radius 2 is 2.17 bits per heavy atom. The van der Waals surface area contributed by atoms with Crippen molar-refractivity contribution in [1.29, 1.82) is 0 Å². The van der Waals surface area contributed by atoms with Crippen molar-refractivity contribution in [3.05, 3.63) is 34.0 Å². The van der Waals surface area contributed by atoms with Gasteiger partial charge in [-0.1, -0.05) is 20.3 Å². The molecule has 5 heteroatoms. The molecule has 0 aromatic carbocycles. The topological polar surface area (TPSA) is 63.6 Å². The van der Waals surface area contributed by atoms with Gasteiger partial charge >= 0.3 is 0 Å². The van der Waals surface area contributed by atoms with E-state index in [1.807, 2.05) is 20.2 Å². The molecule has 2 aromatic heterocycles. The Kier molecular flexibility index (Phi) is 3.60. The molecule has 18 heavy (non-hydrogen) atoms. The Hall–Kier alpha value is -1.91. The first kappa shape index (κ1) is 12.5. The molecule has 1 N–H and O–H groups in total. The molecule has 0 spiro atoms. The van der Waals surface area contributed by atoms with Crippen molar-refractivity contribution in [2.75, 3.05) is 0 Å². The maximum absolute atomic E-state index is 11.6. The van der Waals surface area contributed by atoms with Gasteiger partial charge < -0.3 is 4.98 Å². The average Bonchev–Trinajstić information content (AvgIpc) is 2.70. The normalized spacial score (nSPS) is 10.8.